The molecule has 0 bridgehead atoms. The van der Waals surface area contributed by atoms with Crippen molar-refractivity contribution in [2.45, 2.75) is 20.5 Å². The lowest BCUT2D eigenvalue weighted by atomic mass is 10.1. The van der Waals surface area contributed by atoms with Gasteiger partial charge in [-0.05, 0) is 75.5 Å². The third-order valence-electron chi connectivity index (χ3n) is 5.12. The Kier molecular flexibility index (Phi) is 7.54. The minimum Gasteiger partial charge on any atom is -0.493 e. The summed E-state index contributed by atoms with van der Waals surface area (Å²) in [6.45, 7) is 4.18. The van der Waals surface area contributed by atoms with Gasteiger partial charge in [-0.2, -0.15) is 9.78 Å². The van der Waals surface area contributed by atoms with Gasteiger partial charge in [-0.15, -0.1) is 0 Å². The maximum Gasteiger partial charge on any atom is 0.282 e. The Labute approximate surface area is 222 Å². The van der Waals surface area contributed by atoms with Gasteiger partial charge in [0, 0.05) is 14.5 Å². The third kappa shape index (κ3) is 5.11. The van der Waals surface area contributed by atoms with Crippen molar-refractivity contribution >= 4 is 64.9 Å². The van der Waals surface area contributed by atoms with Crippen LogP contribution in [0.1, 0.15) is 22.5 Å². The Morgan fingerprint density at radius 3 is 2.59 bits per heavy atom. The molecule has 0 unspecified atom stereocenters. The molecule has 4 rings (SSSR count). The molecule has 0 fully saturated rings. The smallest absolute Gasteiger partial charge is 0.282 e. The van der Waals surface area contributed by atoms with E-state index >= 15 is 0 Å². The lowest BCUT2D eigenvalue weighted by Gasteiger charge is -2.15. The predicted molar refractivity (Wildman–Crippen MR) is 145 cm³/mol. The van der Waals surface area contributed by atoms with Crippen LogP contribution in [0.5, 0.6) is 11.5 Å². The molecule has 0 saturated carbocycles. The minimum atomic E-state index is -0.250. The van der Waals surface area contributed by atoms with E-state index in [-0.39, 0.29) is 5.56 Å². The zero-order chi connectivity index (χ0) is 24.4. The van der Waals surface area contributed by atoms with Crippen LogP contribution < -0.4 is 15.0 Å². The van der Waals surface area contributed by atoms with E-state index in [0.717, 1.165) is 14.5 Å². The number of nitrogens with zero attached hydrogens (tertiary/aromatic N) is 3. The predicted octanol–water partition coefficient (Wildman–Crippen LogP) is 6.77. The highest BCUT2D eigenvalue weighted by Gasteiger charge is 2.17. The summed E-state index contributed by atoms with van der Waals surface area (Å²) in [4.78, 5) is 17.5. The van der Waals surface area contributed by atoms with Crippen LogP contribution in [0.4, 0.5) is 0 Å². The van der Waals surface area contributed by atoms with E-state index in [9.17, 15) is 4.79 Å². The molecular formula is C25H20Br3N3O3. The summed E-state index contributed by atoms with van der Waals surface area (Å²) < 4.78 is 15.2. The average molecular weight is 650 g/mol. The number of benzene rings is 3. The molecule has 34 heavy (non-hydrogen) atoms. The Hall–Kier alpha value is -2.49. The molecule has 0 saturated heterocycles. The van der Waals surface area contributed by atoms with Crippen molar-refractivity contribution in [3.63, 3.8) is 0 Å². The molecule has 0 aliphatic rings. The molecule has 174 valence electrons. The first kappa shape index (κ1) is 24.6. The SMILES string of the molecule is COc1cc(C=Nn2c(C)nc3ccc(Br)cc3c2=O)c(Br)c(Br)c1OCc1cccc(C)c1. The highest BCUT2D eigenvalue weighted by molar-refractivity contribution is 9.13. The molecule has 0 spiro atoms. The highest BCUT2D eigenvalue weighted by Crippen LogP contribution is 2.42. The number of hydrogen-bond donors (Lipinski definition) is 0. The summed E-state index contributed by atoms with van der Waals surface area (Å²) in [6.07, 6.45) is 1.58. The molecule has 1 aromatic heterocycles. The molecule has 0 amide bonds. The normalized spacial score (nSPS) is 11.4. The van der Waals surface area contributed by atoms with Crippen LogP contribution >= 0.6 is 47.8 Å². The molecule has 4 aromatic rings. The van der Waals surface area contributed by atoms with Crippen LogP contribution in [-0.2, 0) is 6.61 Å². The number of hydrogen-bond acceptors (Lipinski definition) is 5. The van der Waals surface area contributed by atoms with E-state index in [1.807, 2.05) is 31.2 Å². The monoisotopic (exact) mass is 647 g/mol. The summed E-state index contributed by atoms with van der Waals surface area (Å²) in [6, 6.07) is 15.3. The van der Waals surface area contributed by atoms with Gasteiger partial charge in [-0.3, -0.25) is 4.79 Å². The van der Waals surface area contributed by atoms with Crippen molar-refractivity contribution in [1.29, 1.82) is 0 Å². The fourth-order valence-electron chi connectivity index (χ4n) is 3.46. The Morgan fingerprint density at radius 2 is 1.85 bits per heavy atom. The van der Waals surface area contributed by atoms with E-state index in [2.05, 4.69) is 63.9 Å². The van der Waals surface area contributed by atoms with Gasteiger partial charge >= 0.3 is 0 Å². The van der Waals surface area contributed by atoms with Gasteiger partial charge in [0.25, 0.3) is 5.56 Å². The molecule has 3 aromatic carbocycles. The largest absolute Gasteiger partial charge is 0.493 e. The quantitative estimate of drug-likeness (QED) is 0.216. The number of halogens is 3. The lowest BCUT2D eigenvalue weighted by Crippen LogP contribution is -2.20. The molecular weight excluding hydrogens is 630 g/mol. The fraction of sp³-hybridized carbons (Fsp3) is 0.160. The van der Waals surface area contributed by atoms with Gasteiger partial charge in [-0.1, -0.05) is 45.8 Å². The topological polar surface area (TPSA) is 65.7 Å². The van der Waals surface area contributed by atoms with Crippen molar-refractivity contribution in [3.05, 3.63) is 94.8 Å². The number of ether oxygens (including phenoxy) is 2. The van der Waals surface area contributed by atoms with E-state index in [1.165, 1.54) is 10.2 Å². The Bertz CT molecular complexity index is 1480. The minimum absolute atomic E-state index is 0.250. The van der Waals surface area contributed by atoms with Crippen molar-refractivity contribution in [3.8, 4) is 11.5 Å². The number of aryl methyl sites for hydroxylation is 2. The molecule has 0 N–H and O–H groups in total. The van der Waals surface area contributed by atoms with Crippen LogP contribution in [0, 0.1) is 13.8 Å². The third-order valence-corrected chi connectivity index (χ3v) is 7.76. The van der Waals surface area contributed by atoms with Crippen LogP contribution in [0.15, 0.2) is 71.8 Å². The Morgan fingerprint density at radius 1 is 1.06 bits per heavy atom. The second-order valence-electron chi connectivity index (χ2n) is 7.58. The second kappa shape index (κ2) is 10.4. The van der Waals surface area contributed by atoms with Crippen LogP contribution in [0.25, 0.3) is 10.9 Å². The zero-order valence-electron chi connectivity index (χ0n) is 18.6. The maximum absolute atomic E-state index is 13.0. The van der Waals surface area contributed by atoms with Gasteiger partial charge in [0.05, 0.1) is 28.7 Å². The molecule has 0 atom stereocenters. The van der Waals surface area contributed by atoms with Gasteiger partial charge in [0.15, 0.2) is 11.5 Å². The van der Waals surface area contributed by atoms with E-state index in [1.54, 1.807) is 38.4 Å². The first-order chi connectivity index (χ1) is 16.3. The molecule has 1 heterocycles. The van der Waals surface area contributed by atoms with Gasteiger partial charge in [0.2, 0.25) is 0 Å². The van der Waals surface area contributed by atoms with Crippen LogP contribution in [-0.4, -0.2) is 23.0 Å². The van der Waals surface area contributed by atoms with E-state index in [4.69, 9.17) is 9.47 Å². The zero-order valence-corrected chi connectivity index (χ0v) is 23.4. The summed E-state index contributed by atoms with van der Waals surface area (Å²) in [5, 5.41) is 4.90. The Balaban J connectivity index is 1.69. The van der Waals surface area contributed by atoms with Crippen molar-refractivity contribution < 1.29 is 9.47 Å². The number of fused-ring (bicyclic) bond motifs is 1. The summed E-state index contributed by atoms with van der Waals surface area (Å²) >= 11 is 10.6. The molecule has 0 aliphatic carbocycles. The molecule has 0 aliphatic heterocycles. The fourth-order valence-corrected chi connectivity index (χ4v) is 4.75. The van der Waals surface area contributed by atoms with Gasteiger partial charge in [0.1, 0.15) is 12.4 Å². The van der Waals surface area contributed by atoms with Crippen LogP contribution in [0.2, 0.25) is 0 Å². The molecule has 9 heteroatoms. The summed E-state index contributed by atoms with van der Waals surface area (Å²) in [5.74, 6) is 1.59. The standard InChI is InChI=1S/C25H20Br3N3O3/c1-14-5-4-6-16(9-14)13-34-24-21(33-3)10-17(22(27)23(24)28)12-29-31-15(2)30-20-8-7-18(26)11-19(20)25(31)32/h4-12H,13H2,1-3H3. The first-order valence-corrected chi connectivity index (χ1v) is 12.6. The average Bonchev–Trinajstić information content (AvgIpc) is 2.81. The molecule has 6 nitrogen and oxygen atoms in total. The van der Waals surface area contributed by atoms with Crippen LogP contribution in [0.3, 0.4) is 0 Å². The van der Waals surface area contributed by atoms with Gasteiger partial charge < -0.3 is 9.47 Å². The molecule has 0 radical (unpaired) electrons. The maximum atomic E-state index is 13.0. The summed E-state index contributed by atoms with van der Waals surface area (Å²) in [7, 11) is 1.58. The first-order valence-electron chi connectivity index (χ1n) is 10.3. The number of aromatic nitrogens is 2. The van der Waals surface area contributed by atoms with E-state index < -0.39 is 0 Å². The summed E-state index contributed by atoms with van der Waals surface area (Å²) in [5.41, 5.74) is 3.30. The van der Waals surface area contributed by atoms with Gasteiger partial charge in [-0.25, -0.2) is 4.98 Å². The van der Waals surface area contributed by atoms with E-state index in [0.29, 0.717) is 44.9 Å². The number of methoxy groups -OCH3 is 1. The second-order valence-corrected chi connectivity index (χ2v) is 10.1. The number of rotatable bonds is 6. The van der Waals surface area contributed by atoms with Crippen molar-refractivity contribution in [1.82, 2.24) is 9.66 Å². The van der Waals surface area contributed by atoms with Crippen molar-refractivity contribution in [2.24, 2.45) is 5.10 Å². The highest BCUT2D eigenvalue weighted by atomic mass is 79.9. The lowest BCUT2D eigenvalue weighted by molar-refractivity contribution is 0.282. The van der Waals surface area contributed by atoms with Crippen molar-refractivity contribution in [2.75, 3.05) is 7.11 Å².